The number of nitrogens with zero attached hydrogens (tertiary/aromatic N) is 1. The lowest BCUT2D eigenvalue weighted by atomic mass is 9.88. The molecule has 8 heteroatoms. The van der Waals surface area contributed by atoms with Crippen LogP contribution in [-0.4, -0.2) is 36.0 Å². The fourth-order valence-corrected chi connectivity index (χ4v) is 5.92. The van der Waals surface area contributed by atoms with E-state index in [1.807, 2.05) is 36.4 Å². The lowest BCUT2D eigenvalue weighted by Crippen LogP contribution is -2.14. The summed E-state index contributed by atoms with van der Waals surface area (Å²) in [5.74, 6) is 2.01. The molecule has 0 aliphatic carbocycles. The van der Waals surface area contributed by atoms with Crippen LogP contribution in [0.5, 0.6) is 17.2 Å². The number of aryl methyl sites for hydroxylation is 1. The van der Waals surface area contributed by atoms with Crippen LogP contribution in [0.2, 0.25) is 0 Å². The molecule has 0 saturated heterocycles. The normalized spacial score (nSPS) is 14.8. The zero-order chi connectivity index (χ0) is 24.5. The number of aliphatic carboxylic acids is 1. The minimum Gasteiger partial charge on any atom is -0.493 e. The Bertz CT molecular complexity index is 1430. The molecular weight excluding hydrogens is 476 g/mol. The smallest absolute Gasteiger partial charge is 0.304 e. The number of rotatable bonds is 8. The number of hydrogen-bond donors (Lipinski definition) is 2. The highest BCUT2D eigenvalue weighted by Crippen LogP contribution is 2.41. The molecule has 4 heterocycles. The van der Waals surface area contributed by atoms with Gasteiger partial charge in [-0.3, -0.25) is 4.79 Å². The Kier molecular flexibility index (Phi) is 6.11. The van der Waals surface area contributed by atoms with E-state index >= 15 is 0 Å². The summed E-state index contributed by atoms with van der Waals surface area (Å²) >= 11 is 1.60. The second-order valence-electron chi connectivity index (χ2n) is 9.05. The van der Waals surface area contributed by atoms with Gasteiger partial charge in [0.05, 0.1) is 13.0 Å². The summed E-state index contributed by atoms with van der Waals surface area (Å²) in [6, 6.07) is 15.9. The minimum atomic E-state index is -0.844. The number of pyridine rings is 1. The number of carboxylic acids is 1. The molecule has 0 fully saturated rings. The van der Waals surface area contributed by atoms with E-state index in [9.17, 15) is 9.90 Å². The average molecular weight is 503 g/mol. The molecule has 0 spiro atoms. The van der Waals surface area contributed by atoms with Gasteiger partial charge in [0, 0.05) is 29.3 Å². The van der Waals surface area contributed by atoms with Crippen LogP contribution >= 0.6 is 11.3 Å². The summed E-state index contributed by atoms with van der Waals surface area (Å²) in [6.07, 6.45) is 2.95. The molecule has 1 atom stereocenters. The molecule has 2 aliphatic heterocycles. The first-order valence-corrected chi connectivity index (χ1v) is 13.0. The van der Waals surface area contributed by atoms with Crippen molar-refractivity contribution in [3.8, 4) is 17.2 Å². The SMILES string of the molecule is O=C(O)CC(c1ccc2c(c1)OCO2)c1csc2cc(OCCc3ccc4c(n3)NCCC4)ccc12. The number of ether oxygens (including phenoxy) is 3. The van der Waals surface area contributed by atoms with E-state index in [0.29, 0.717) is 18.1 Å². The van der Waals surface area contributed by atoms with Gasteiger partial charge in [-0.05, 0) is 76.7 Å². The summed E-state index contributed by atoms with van der Waals surface area (Å²) in [4.78, 5) is 16.5. The molecule has 6 rings (SSSR count). The van der Waals surface area contributed by atoms with Crippen molar-refractivity contribution in [3.05, 3.63) is 76.3 Å². The molecule has 0 saturated carbocycles. The fraction of sp³-hybridized carbons (Fsp3) is 0.286. The second kappa shape index (κ2) is 9.70. The van der Waals surface area contributed by atoms with Crippen LogP contribution in [0.3, 0.4) is 0 Å². The molecular formula is C28H26N2O5S. The first kappa shape index (κ1) is 22.7. The van der Waals surface area contributed by atoms with Crippen LogP contribution in [0, 0.1) is 0 Å². The molecule has 2 aromatic heterocycles. The van der Waals surface area contributed by atoms with Crippen molar-refractivity contribution in [2.75, 3.05) is 25.3 Å². The zero-order valence-corrected chi connectivity index (χ0v) is 20.5. The van der Waals surface area contributed by atoms with Crippen LogP contribution in [-0.2, 0) is 17.6 Å². The number of benzene rings is 2. The number of carboxylic acid groups (broad SMARTS) is 1. The van der Waals surface area contributed by atoms with E-state index in [-0.39, 0.29) is 19.1 Å². The lowest BCUT2D eigenvalue weighted by molar-refractivity contribution is -0.137. The number of fused-ring (bicyclic) bond motifs is 3. The molecule has 1 unspecified atom stereocenters. The van der Waals surface area contributed by atoms with Crippen molar-refractivity contribution in [2.45, 2.75) is 31.6 Å². The number of thiophene rings is 1. The number of anilines is 1. The van der Waals surface area contributed by atoms with Crippen molar-refractivity contribution < 1.29 is 24.1 Å². The monoisotopic (exact) mass is 502 g/mol. The Hall–Kier alpha value is -3.78. The summed E-state index contributed by atoms with van der Waals surface area (Å²) in [5.41, 5.74) is 4.19. The van der Waals surface area contributed by atoms with Crippen LogP contribution in [0.15, 0.2) is 53.9 Å². The maximum absolute atomic E-state index is 11.7. The fourth-order valence-electron chi connectivity index (χ4n) is 4.88. The average Bonchev–Trinajstić information content (AvgIpc) is 3.53. The number of aromatic nitrogens is 1. The highest BCUT2D eigenvalue weighted by molar-refractivity contribution is 7.17. The summed E-state index contributed by atoms with van der Waals surface area (Å²) in [5, 5.41) is 16.1. The topological polar surface area (TPSA) is 89.9 Å². The largest absolute Gasteiger partial charge is 0.493 e. The van der Waals surface area contributed by atoms with Crippen molar-refractivity contribution in [3.63, 3.8) is 0 Å². The standard InChI is InChI=1S/C28H26N2O5S/c31-27(32)14-22(18-4-8-24-25(12-18)35-16-34-24)23-15-36-26-13-20(6-7-21(23)26)33-11-9-19-5-3-17-2-1-10-29-28(17)30-19/h3-8,12-13,15,22H,1-2,9-11,14,16H2,(H,29,30)(H,31,32). The lowest BCUT2D eigenvalue weighted by Gasteiger charge is -2.17. The Morgan fingerprint density at radius 2 is 2.06 bits per heavy atom. The molecule has 0 bridgehead atoms. The second-order valence-corrected chi connectivity index (χ2v) is 9.96. The van der Waals surface area contributed by atoms with Gasteiger partial charge in [0.25, 0.3) is 0 Å². The highest BCUT2D eigenvalue weighted by atomic mass is 32.1. The predicted octanol–water partition coefficient (Wildman–Crippen LogP) is 5.61. The quantitative estimate of drug-likeness (QED) is 0.324. The van der Waals surface area contributed by atoms with E-state index in [4.69, 9.17) is 19.2 Å². The van der Waals surface area contributed by atoms with Crippen LogP contribution in [0.1, 0.15) is 41.1 Å². The van der Waals surface area contributed by atoms with Gasteiger partial charge in [-0.15, -0.1) is 11.3 Å². The third-order valence-corrected chi connectivity index (χ3v) is 7.67. The Morgan fingerprint density at radius 1 is 1.14 bits per heavy atom. The molecule has 184 valence electrons. The minimum absolute atomic E-state index is 0.00758. The molecule has 2 N–H and O–H groups in total. The third kappa shape index (κ3) is 4.56. The van der Waals surface area contributed by atoms with Gasteiger partial charge in [0.2, 0.25) is 6.79 Å². The Labute approximate surface area is 212 Å². The molecule has 2 aliphatic rings. The zero-order valence-electron chi connectivity index (χ0n) is 19.7. The Morgan fingerprint density at radius 3 is 2.97 bits per heavy atom. The van der Waals surface area contributed by atoms with Crippen molar-refractivity contribution >= 4 is 33.2 Å². The van der Waals surface area contributed by atoms with Crippen molar-refractivity contribution in [2.24, 2.45) is 0 Å². The molecule has 36 heavy (non-hydrogen) atoms. The van der Waals surface area contributed by atoms with Gasteiger partial charge in [-0.25, -0.2) is 4.98 Å². The van der Waals surface area contributed by atoms with Gasteiger partial charge in [-0.1, -0.05) is 12.1 Å². The maximum atomic E-state index is 11.7. The van der Waals surface area contributed by atoms with E-state index in [1.54, 1.807) is 11.3 Å². The van der Waals surface area contributed by atoms with Crippen LogP contribution in [0.25, 0.3) is 10.1 Å². The van der Waals surface area contributed by atoms with Gasteiger partial charge in [0.15, 0.2) is 11.5 Å². The predicted molar refractivity (Wildman–Crippen MR) is 139 cm³/mol. The maximum Gasteiger partial charge on any atom is 0.304 e. The van der Waals surface area contributed by atoms with Gasteiger partial charge in [0.1, 0.15) is 11.6 Å². The van der Waals surface area contributed by atoms with Crippen LogP contribution < -0.4 is 19.5 Å². The van der Waals surface area contributed by atoms with Gasteiger partial charge in [-0.2, -0.15) is 0 Å². The molecule has 2 aromatic carbocycles. The van der Waals surface area contributed by atoms with E-state index in [2.05, 4.69) is 22.8 Å². The number of hydrogen-bond acceptors (Lipinski definition) is 7. The van der Waals surface area contributed by atoms with Crippen molar-refractivity contribution in [1.29, 1.82) is 0 Å². The van der Waals surface area contributed by atoms with Gasteiger partial charge >= 0.3 is 5.97 Å². The number of carbonyl (C=O) groups is 1. The van der Waals surface area contributed by atoms with E-state index in [1.165, 1.54) is 5.56 Å². The molecule has 7 nitrogen and oxygen atoms in total. The highest BCUT2D eigenvalue weighted by Gasteiger charge is 2.24. The van der Waals surface area contributed by atoms with E-state index < -0.39 is 5.97 Å². The summed E-state index contributed by atoms with van der Waals surface area (Å²) in [6.45, 7) is 1.70. The van der Waals surface area contributed by atoms with E-state index in [0.717, 1.165) is 64.3 Å². The first-order chi connectivity index (χ1) is 17.6. The number of nitrogens with one attached hydrogen (secondary N) is 1. The van der Waals surface area contributed by atoms with Gasteiger partial charge < -0.3 is 24.6 Å². The molecule has 0 radical (unpaired) electrons. The molecule has 0 amide bonds. The van der Waals surface area contributed by atoms with Crippen LogP contribution in [0.4, 0.5) is 5.82 Å². The van der Waals surface area contributed by atoms with Crippen molar-refractivity contribution in [1.82, 2.24) is 4.98 Å². The summed E-state index contributed by atoms with van der Waals surface area (Å²) < 4.78 is 18.1. The first-order valence-electron chi connectivity index (χ1n) is 12.1. The third-order valence-electron chi connectivity index (χ3n) is 6.71. The Balaban J connectivity index is 1.19. The summed E-state index contributed by atoms with van der Waals surface area (Å²) in [7, 11) is 0. The molecule has 4 aromatic rings.